The van der Waals surface area contributed by atoms with E-state index in [1.165, 1.54) is 18.5 Å². The summed E-state index contributed by atoms with van der Waals surface area (Å²) in [5, 5.41) is 0.953. The van der Waals surface area contributed by atoms with Gasteiger partial charge in [0.05, 0.1) is 5.02 Å². The number of sulfonamides is 1. The van der Waals surface area contributed by atoms with E-state index in [0.717, 1.165) is 0 Å². The molecule has 3 rings (SSSR count). The van der Waals surface area contributed by atoms with Gasteiger partial charge in [0.2, 0.25) is 0 Å². The first-order chi connectivity index (χ1) is 9.95. The molecular formula is C13H11ClN4O2S. The summed E-state index contributed by atoms with van der Waals surface area (Å²) in [7, 11) is -3.77. The molecule has 0 aliphatic rings. The molecule has 0 fully saturated rings. The number of H-pyrrole nitrogens is 1. The van der Waals surface area contributed by atoms with Crippen LogP contribution in [0.5, 0.6) is 0 Å². The van der Waals surface area contributed by atoms with Crippen LogP contribution in [-0.2, 0) is 10.0 Å². The molecule has 0 unspecified atom stereocenters. The number of pyridine rings is 1. The highest BCUT2D eigenvalue weighted by Crippen LogP contribution is 2.26. The number of nitrogens with one attached hydrogen (secondary N) is 2. The zero-order chi connectivity index (χ0) is 15.0. The summed E-state index contributed by atoms with van der Waals surface area (Å²) in [4.78, 5) is 6.93. The molecule has 0 aliphatic heterocycles. The SMILES string of the molecule is Nc1ccc2[nH]cc(S(=O)(=O)Nc3ccc(Cl)cn3)c2c1. The maximum absolute atomic E-state index is 12.4. The molecular weight excluding hydrogens is 312 g/mol. The molecule has 0 bridgehead atoms. The first kappa shape index (κ1) is 13.7. The normalized spacial score (nSPS) is 11.7. The van der Waals surface area contributed by atoms with Crippen molar-refractivity contribution in [1.29, 1.82) is 0 Å². The van der Waals surface area contributed by atoms with E-state index in [-0.39, 0.29) is 10.7 Å². The van der Waals surface area contributed by atoms with Gasteiger partial charge in [-0.1, -0.05) is 11.6 Å². The van der Waals surface area contributed by atoms with Crippen molar-refractivity contribution >= 4 is 44.0 Å². The Hall–Kier alpha value is -2.25. The monoisotopic (exact) mass is 322 g/mol. The summed E-state index contributed by atoms with van der Waals surface area (Å²) < 4.78 is 27.3. The van der Waals surface area contributed by atoms with E-state index in [4.69, 9.17) is 17.3 Å². The number of hydrogen-bond donors (Lipinski definition) is 3. The highest BCUT2D eigenvalue weighted by molar-refractivity contribution is 7.93. The molecule has 1 aromatic carbocycles. The van der Waals surface area contributed by atoms with Crippen molar-refractivity contribution in [2.45, 2.75) is 4.90 Å². The van der Waals surface area contributed by atoms with Gasteiger partial charge in [0.15, 0.2) is 0 Å². The van der Waals surface area contributed by atoms with Crippen LogP contribution in [-0.4, -0.2) is 18.4 Å². The second kappa shape index (κ2) is 4.94. The molecule has 4 N–H and O–H groups in total. The Balaban J connectivity index is 2.04. The van der Waals surface area contributed by atoms with Gasteiger partial charge in [-0.25, -0.2) is 13.4 Å². The molecule has 0 aliphatic carbocycles. The molecule has 0 spiro atoms. The first-order valence-electron chi connectivity index (χ1n) is 5.97. The number of nitrogen functional groups attached to an aromatic ring is 1. The zero-order valence-electron chi connectivity index (χ0n) is 10.7. The zero-order valence-corrected chi connectivity index (χ0v) is 12.2. The molecule has 0 amide bonds. The lowest BCUT2D eigenvalue weighted by molar-refractivity contribution is 0.602. The highest BCUT2D eigenvalue weighted by Gasteiger charge is 2.19. The minimum atomic E-state index is -3.77. The van der Waals surface area contributed by atoms with Crippen molar-refractivity contribution in [1.82, 2.24) is 9.97 Å². The Labute approximate surface area is 126 Å². The maximum atomic E-state index is 12.4. The third-order valence-corrected chi connectivity index (χ3v) is 4.54. The minimum absolute atomic E-state index is 0.113. The van der Waals surface area contributed by atoms with E-state index in [9.17, 15) is 8.42 Å². The van der Waals surface area contributed by atoms with Crippen LogP contribution in [0.15, 0.2) is 47.6 Å². The summed E-state index contributed by atoms with van der Waals surface area (Å²) >= 11 is 5.72. The van der Waals surface area contributed by atoms with Crippen LogP contribution in [0.25, 0.3) is 10.9 Å². The lowest BCUT2D eigenvalue weighted by Gasteiger charge is -2.06. The largest absolute Gasteiger partial charge is 0.399 e. The average Bonchev–Trinajstić information content (AvgIpc) is 2.85. The quantitative estimate of drug-likeness (QED) is 0.645. The summed E-state index contributed by atoms with van der Waals surface area (Å²) in [6, 6.07) is 8.08. The van der Waals surface area contributed by atoms with Crippen LogP contribution < -0.4 is 10.5 Å². The van der Waals surface area contributed by atoms with Crippen LogP contribution in [0.4, 0.5) is 11.5 Å². The lowest BCUT2D eigenvalue weighted by Crippen LogP contribution is -2.13. The van der Waals surface area contributed by atoms with E-state index in [1.807, 2.05) is 0 Å². The number of fused-ring (bicyclic) bond motifs is 1. The van der Waals surface area contributed by atoms with E-state index in [0.29, 0.717) is 21.6 Å². The molecule has 0 atom stereocenters. The Bertz CT molecular complexity index is 904. The topological polar surface area (TPSA) is 101 Å². The molecule has 2 aromatic heterocycles. The van der Waals surface area contributed by atoms with Crippen molar-refractivity contribution in [2.75, 3.05) is 10.5 Å². The summed E-state index contributed by atoms with van der Waals surface area (Å²) in [5.41, 5.74) is 6.89. The number of halogens is 1. The van der Waals surface area contributed by atoms with Crippen molar-refractivity contribution in [3.8, 4) is 0 Å². The summed E-state index contributed by atoms with van der Waals surface area (Å²) in [6.45, 7) is 0. The second-order valence-corrected chi connectivity index (χ2v) is 6.51. The number of aromatic nitrogens is 2. The van der Waals surface area contributed by atoms with Crippen molar-refractivity contribution in [2.24, 2.45) is 0 Å². The number of aromatic amines is 1. The first-order valence-corrected chi connectivity index (χ1v) is 7.83. The van der Waals surface area contributed by atoms with Gasteiger partial charge in [-0.2, -0.15) is 0 Å². The molecule has 0 radical (unpaired) electrons. The van der Waals surface area contributed by atoms with Crippen LogP contribution in [0.3, 0.4) is 0 Å². The van der Waals surface area contributed by atoms with E-state index >= 15 is 0 Å². The molecule has 6 nitrogen and oxygen atoms in total. The number of benzene rings is 1. The number of anilines is 2. The van der Waals surface area contributed by atoms with Gasteiger partial charge >= 0.3 is 0 Å². The fourth-order valence-electron chi connectivity index (χ4n) is 1.96. The third-order valence-electron chi connectivity index (χ3n) is 2.92. The molecule has 0 saturated heterocycles. The third kappa shape index (κ3) is 2.65. The fourth-order valence-corrected chi connectivity index (χ4v) is 3.25. The van der Waals surface area contributed by atoms with Crippen molar-refractivity contribution in [3.05, 3.63) is 47.7 Å². The lowest BCUT2D eigenvalue weighted by atomic mass is 10.2. The van der Waals surface area contributed by atoms with E-state index < -0.39 is 10.0 Å². The van der Waals surface area contributed by atoms with Gasteiger partial charge in [0.25, 0.3) is 10.0 Å². The molecule has 3 aromatic rings. The van der Waals surface area contributed by atoms with Crippen LogP contribution in [0, 0.1) is 0 Å². The summed E-state index contributed by atoms with van der Waals surface area (Å²) in [5.74, 6) is 0.192. The van der Waals surface area contributed by atoms with Gasteiger partial charge in [0, 0.05) is 29.0 Å². The Morgan fingerprint density at radius 2 is 2.05 bits per heavy atom. The second-order valence-electron chi connectivity index (χ2n) is 4.43. The number of nitrogens with two attached hydrogens (primary N) is 1. The molecule has 0 saturated carbocycles. The van der Waals surface area contributed by atoms with Gasteiger partial charge < -0.3 is 10.7 Å². The van der Waals surface area contributed by atoms with Crippen LogP contribution >= 0.6 is 11.6 Å². The summed E-state index contributed by atoms with van der Waals surface area (Å²) in [6.07, 6.45) is 2.79. The highest BCUT2D eigenvalue weighted by atomic mass is 35.5. The smallest absolute Gasteiger partial charge is 0.265 e. The number of hydrogen-bond acceptors (Lipinski definition) is 4. The van der Waals surface area contributed by atoms with Crippen LogP contribution in [0.1, 0.15) is 0 Å². The molecule has 21 heavy (non-hydrogen) atoms. The van der Waals surface area contributed by atoms with Crippen LogP contribution in [0.2, 0.25) is 5.02 Å². The molecule has 108 valence electrons. The van der Waals surface area contributed by atoms with Gasteiger partial charge in [-0.05, 0) is 30.3 Å². The Kier molecular flexibility index (Phi) is 3.23. The Morgan fingerprint density at radius 1 is 1.24 bits per heavy atom. The van der Waals surface area contributed by atoms with Crippen molar-refractivity contribution in [3.63, 3.8) is 0 Å². The van der Waals surface area contributed by atoms with E-state index in [1.54, 1.807) is 24.3 Å². The number of rotatable bonds is 3. The fraction of sp³-hybridized carbons (Fsp3) is 0. The standard InChI is InChI=1S/C13H11ClN4O2S/c14-8-1-4-13(17-6-8)18-21(19,20)12-7-16-11-3-2-9(15)5-10(11)12/h1-7,16H,15H2,(H,17,18). The van der Waals surface area contributed by atoms with Crippen molar-refractivity contribution < 1.29 is 8.42 Å². The maximum Gasteiger partial charge on any atom is 0.265 e. The predicted octanol–water partition coefficient (Wildman–Crippen LogP) is 2.60. The molecule has 2 heterocycles. The van der Waals surface area contributed by atoms with Gasteiger partial charge in [-0.3, -0.25) is 4.72 Å². The Morgan fingerprint density at radius 3 is 2.76 bits per heavy atom. The van der Waals surface area contributed by atoms with Gasteiger partial charge in [0.1, 0.15) is 10.7 Å². The van der Waals surface area contributed by atoms with Gasteiger partial charge in [-0.15, -0.1) is 0 Å². The number of nitrogens with zero attached hydrogens (tertiary/aromatic N) is 1. The molecule has 8 heteroatoms. The van der Waals surface area contributed by atoms with E-state index in [2.05, 4.69) is 14.7 Å². The minimum Gasteiger partial charge on any atom is -0.399 e. The predicted molar refractivity (Wildman–Crippen MR) is 82.8 cm³/mol. The average molecular weight is 323 g/mol.